The highest BCUT2D eigenvalue weighted by molar-refractivity contribution is 5.99. The molecule has 17 heavy (non-hydrogen) atoms. The van der Waals surface area contributed by atoms with Crippen molar-refractivity contribution < 1.29 is 4.79 Å². The number of fused-ring (bicyclic) bond motifs is 1. The fourth-order valence-electron chi connectivity index (χ4n) is 2.72. The Bertz CT molecular complexity index is 432. The first kappa shape index (κ1) is 12.3. The number of ketones is 1. The van der Waals surface area contributed by atoms with Crippen molar-refractivity contribution in [3.63, 3.8) is 0 Å². The van der Waals surface area contributed by atoms with Crippen molar-refractivity contribution in [3.05, 3.63) is 17.0 Å². The van der Waals surface area contributed by atoms with Crippen LogP contribution in [-0.2, 0) is 19.9 Å². The van der Waals surface area contributed by atoms with Crippen LogP contribution in [0, 0.1) is 11.8 Å². The topological polar surface area (TPSA) is 34.9 Å². The molecular weight excluding hydrogens is 212 g/mol. The summed E-state index contributed by atoms with van der Waals surface area (Å²) in [6.45, 7) is 6.53. The molecule has 1 unspecified atom stereocenters. The highest BCUT2D eigenvalue weighted by Gasteiger charge is 2.32. The van der Waals surface area contributed by atoms with Gasteiger partial charge in [0.25, 0.3) is 0 Å². The summed E-state index contributed by atoms with van der Waals surface area (Å²) in [7, 11) is 1.97. The summed E-state index contributed by atoms with van der Waals surface area (Å²) in [4.78, 5) is 12.3. The lowest BCUT2D eigenvalue weighted by molar-refractivity contribution is 0.0931. The molecular formula is C14H22N2O. The third-order valence-corrected chi connectivity index (χ3v) is 3.85. The number of carbonyl (C=O) groups excluding carboxylic acids is 1. The average Bonchev–Trinajstić information content (AvgIpc) is 2.57. The minimum Gasteiger partial charge on any atom is -0.294 e. The molecule has 0 aromatic carbocycles. The zero-order valence-corrected chi connectivity index (χ0v) is 11.3. The Kier molecular flexibility index (Phi) is 3.36. The van der Waals surface area contributed by atoms with Crippen molar-refractivity contribution in [2.24, 2.45) is 18.9 Å². The summed E-state index contributed by atoms with van der Waals surface area (Å²) < 4.78 is 1.92. The predicted molar refractivity (Wildman–Crippen MR) is 68.2 cm³/mol. The van der Waals surface area contributed by atoms with E-state index in [9.17, 15) is 4.79 Å². The first-order valence-electron chi connectivity index (χ1n) is 6.62. The van der Waals surface area contributed by atoms with Crippen LogP contribution in [0.1, 0.15) is 55.4 Å². The third-order valence-electron chi connectivity index (χ3n) is 3.85. The Morgan fingerprint density at radius 3 is 2.71 bits per heavy atom. The second kappa shape index (κ2) is 4.63. The lowest BCUT2D eigenvalue weighted by atomic mass is 9.79. The van der Waals surface area contributed by atoms with Crippen molar-refractivity contribution in [2.45, 2.75) is 46.5 Å². The van der Waals surface area contributed by atoms with Gasteiger partial charge in [-0.1, -0.05) is 27.2 Å². The maximum Gasteiger partial charge on any atom is 0.166 e. The molecule has 0 N–H and O–H groups in total. The molecule has 1 aliphatic rings. The second-order valence-electron chi connectivity index (χ2n) is 5.48. The molecule has 1 heterocycles. The first-order chi connectivity index (χ1) is 8.04. The minimum absolute atomic E-state index is 0.307. The third kappa shape index (κ3) is 2.15. The van der Waals surface area contributed by atoms with Crippen LogP contribution in [0.25, 0.3) is 0 Å². The summed E-state index contributed by atoms with van der Waals surface area (Å²) in [5.74, 6) is 1.36. The van der Waals surface area contributed by atoms with Crippen LogP contribution in [0.3, 0.4) is 0 Å². The predicted octanol–water partition coefficient (Wildman–Crippen LogP) is 2.77. The van der Waals surface area contributed by atoms with Gasteiger partial charge in [0.2, 0.25) is 0 Å². The molecule has 0 fully saturated rings. The van der Waals surface area contributed by atoms with Crippen LogP contribution in [0.15, 0.2) is 0 Å². The molecule has 0 saturated carbocycles. The van der Waals surface area contributed by atoms with Crippen molar-refractivity contribution in [3.8, 4) is 0 Å². The van der Waals surface area contributed by atoms with Crippen molar-refractivity contribution in [1.82, 2.24) is 9.78 Å². The maximum atomic E-state index is 12.3. The Balaban J connectivity index is 2.39. The van der Waals surface area contributed by atoms with Gasteiger partial charge in [0.1, 0.15) is 0 Å². The molecule has 0 amide bonds. The molecule has 1 aliphatic carbocycles. The number of hydrogen-bond donors (Lipinski definition) is 0. The molecule has 0 bridgehead atoms. The number of nitrogens with zero attached hydrogens (tertiary/aromatic N) is 2. The van der Waals surface area contributed by atoms with Crippen molar-refractivity contribution >= 4 is 5.78 Å². The first-order valence-corrected chi connectivity index (χ1v) is 6.62. The Hall–Kier alpha value is -1.12. The zero-order valence-electron chi connectivity index (χ0n) is 11.3. The zero-order chi connectivity index (χ0) is 12.6. The van der Waals surface area contributed by atoms with E-state index in [2.05, 4.69) is 25.9 Å². The summed E-state index contributed by atoms with van der Waals surface area (Å²) in [6, 6.07) is 0. The fourth-order valence-corrected chi connectivity index (χ4v) is 2.72. The number of rotatable bonds is 3. The van der Waals surface area contributed by atoms with Gasteiger partial charge < -0.3 is 0 Å². The van der Waals surface area contributed by atoms with E-state index in [1.807, 2.05) is 11.7 Å². The van der Waals surface area contributed by atoms with E-state index in [4.69, 9.17) is 0 Å². The van der Waals surface area contributed by atoms with Crippen LogP contribution in [0.2, 0.25) is 0 Å². The molecule has 1 aromatic heterocycles. The van der Waals surface area contributed by atoms with Gasteiger partial charge in [-0.2, -0.15) is 5.10 Å². The van der Waals surface area contributed by atoms with Crippen LogP contribution in [0.4, 0.5) is 0 Å². The molecule has 1 atom stereocenters. The largest absolute Gasteiger partial charge is 0.294 e. The summed E-state index contributed by atoms with van der Waals surface area (Å²) in [5, 5.41) is 4.52. The Labute approximate surface area is 103 Å². The molecule has 1 aromatic rings. The average molecular weight is 234 g/mol. The lowest BCUT2D eigenvalue weighted by Gasteiger charge is -2.25. The van der Waals surface area contributed by atoms with E-state index < -0.39 is 0 Å². The van der Waals surface area contributed by atoms with Gasteiger partial charge in [-0.05, 0) is 24.7 Å². The molecule has 94 valence electrons. The van der Waals surface area contributed by atoms with Crippen LogP contribution in [-0.4, -0.2) is 15.6 Å². The smallest absolute Gasteiger partial charge is 0.166 e. The highest BCUT2D eigenvalue weighted by atomic mass is 16.1. The van der Waals surface area contributed by atoms with E-state index in [0.717, 1.165) is 36.2 Å². The number of carbonyl (C=O) groups is 1. The Morgan fingerprint density at radius 2 is 2.12 bits per heavy atom. The second-order valence-corrected chi connectivity index (χ2v) is 5.48. The lowest BCUT2D eigenvalue weighted by Crippen LogP contribution is -2.25. The van der Waals surface area contributed by atoms with Gasteiger partial charge in [-0.15, -0.1) is 0 Å². The van der Waals surface area contributed by atoms with E-state index >= 15 is 0 Å². The standard InChI is InChI=1S/C14H22N2O/c1-5-6-11-14-12(16(4)15-11)7-10(9(2)3)8-13(14)17/h9-10H,5-8H2,1-4H3. The Morgan fingerprint density at radius 1 is 1.41 bits per heavy atom. The van der Waals surface area contributed by atoms with E-state index in [0.29, 0.717) is 24.0 Å². The number of hydrogen-bond acceptors (Lipinski definition) is 2. The number of aromatic nitrogens is 2. The highest BCUT2D eigenvalue weighted by Crippen LogP contribution is 2.32. The van der Waals surface area contributed by atoms with Crippen molar-refractivity contribution in [2.75, 3.05) is 0 Å². The van der Waals surface area contributed by atoms with Gasteiger partial charge in [0.15, 0.2) is 5.78 Å². The fraction of sp³-hybridized carbons (Fsp3) is 0.714. The number of Topliss-reactive ketones (excluding diaryl/α,β-unsaturated/α-hetero) is 1. The summed E-state index contributed by atoms with van der Waals surface area (Å²) in [5.41, 5.74) is 3.10. The quantitative estimate of drug-likeness (QED) is 0.806. The van der Waals surface area contributed by atoms with Crippen molar-refractivity contribution in [1.29, 1.82) is 0 Å². The molecule has 0 spiro atoms. The maximum absolute atomic E-state index is 12.3. The normalized spacial score (nSPS) is 19.8. The van der Waals surface area contributed by atoms with E-state index in [1.165, 1.54) is 0 Å². The van der Waals surface area contributed by atoms with Gasteiger partial charge in [-0.3, -0.25) is 9.48 Å². The van der Waals surface area contributed by atoms with E-state index in [1.54, 1.807) is 0 Å². The monoisotopic (exact) mass is 234 g/mol. The van der Waals surface area contributed by atoms with Gasteiger partial charge in [-0.25, -0.2) is 0 Å². The minimum atomic E-state index is 0.307. The van der Waals surface area contributed by atoms with E-state index in [-0.39, 0.29) is 0 Å². The van der Waals surface area contributed by atoms with Gasteiger partial charge in [0.05, 0.1) is 11.3 Å². The molecule has 2 rings (SSSR count). The van der Waals surface area contributed by atoms with Crippen LogP contribution >= 0.6 is 0 Å². The molecule has 0 saturated heterocycles. The molecule has 0 radical (unpaired) electrons. The molecule has 3 nitrogen and oxygen atoms in total. The summed E-state index contributed by atoms with van der Waals surface area (Å²) in [6.07, 6.45) is 3.67. The molecule has 0 aliphatic heterocycles. The van der Waals surface area contributed by atoms with Gasteiger partial charge in [0, 0.05) is 19.2 Å². The summed E-state index contributed by atoms with van der Waals surface area (Å²) >= 11 is 0. The van der Waals surface area contributed by atoms with Crippen LogP contribution < -0.4 is 0 Å². The SMILES string of the molecule is CCCc1nn(C)c2c1C(=O)CC(C(C)C)C2. The van der Waals surface area contributed by atoms with Crippen LogP contribution in [0.5, 0.6) is 0 Å². The number of aryl methyl sites for hydroxylation is 2. The molecule has 3 heteroatoms. The van der Waals surface area contributed by atoms with Gasteiger partial charge >= 0.3 is 0 Å².